The van der Waals surface area contributed by atoms with Crippen LogP contribution in [0.1, 0.15) is 11.3 Å². The Morgan fingerprint density at radius 2 is 1.90 bits per heavy atom. The van der Waals surface area contributed by atoms with Gasteiger partial charge in [0, 0.05) is 38.9 Å². The summed E-state index contributed by atoms with van der Waals surface area (Å²) in [5, 5.41) is 4.65. The Bertz CT molecular complexity index is 1730. The van der Waals surface area contributed by atoms with Crippen LogP contribution < -0.4 is 19.7 Å². The van der Waals surface area contributed by atoms with Crippen LogP contribution in [0.4, 0.5) is 11.4 Å². The maximum Gasteiger partial charge on any atom is 0.270 e. The van der Waals surface area contributed by atoms with Gasteiger partial charge in [-0.15, -0.1) is 0 Å². The molecule has 2 aliphatic heterocycles. The number of anilines is 2. The molecule has 0 bridgehead atoms. The lowest BCUT2D eigenvalue weighted by Crippen LogP contribution is -2.27. The summed E-state index contributed by atoms with van der Waals surface area (Å²) in [6, 6.07) is 17.9. The third-order valence-electron chi connectivity index (χ3n) is 6.46. The largest absolute Gasteiger partial charge is 0.454 e. The van der Waals surface area contributed by atoms with Gasteiger partial charge in [0.05, 0.1) is 15.6 Å². The molecular weight excluding hydrogens is 577 g/mol. The molecule has 2 amide bonds. The van der Waals surface area contributed by atoms with E-state index in [0.29, 0.717) is 42.1 Å². The van der Waals surface area contributed by atoms with Crippen molar-refractivity contribution in [1.29, 1.82) is 0 Å². The van der Waals surface area contributed by atoms with Gasteiger partial charge < -0.3 is 19.4 Å². The molecule has 0 spiro atoms. The minimum absolute atomic E-state index is 0.0793. The average Bonchev–Trinajstić information content (AvgIpc) is 3.56. The van der Waals surface area contributed by atoms with Crippen LogP contribution in [0.25, 0.3) is 17.0 Å². The van der Waals surface area contributed by atoms with E-state index >= 15 is 0 Å². The van der Waals surface area contributed by atoms with Gasteiger partial charge in [0.15, 0.2) is 15.8 Å². The number of rotatable bonds is 5. The summed E-state index contributed by atoms with van der Waals surface area (Å²) in [4.78, 5) is 28.4. The number of thioether (sulfide) groups is 1. The first kappa shape index (κ1) is 25.8. The van der Waals surface area contributed by atoms with Gasteiger partial charge in [-0.25, -0.2) is 0 Å². The molecule has 1 N–H and O–H groups in total. The predicted molar refractivity (Wildman–Crippen MR) is 160 cm³/mol. The van der Waals surface area contributed by atoms with Gasteiger partial charge in [-0.2, -0.15) is 0 Å². The fourth-order valence-corrected chi connectivity index (χ4v) is 6.39. The van der Waals surface area contributed by atoms with E-state index in [1.807, 2.05) is 41.8 Å². The van der Waals surface area contributed by atoms with E-state index < -0.39 is 0 Å². The second kappa shape index (κ2) is 10.2. The van der Waals surface area contributed by atoms with Gasteiger partial charge >= 0.3 is 0 Å². The number of aromatic nitrogens is 1. The van der Waals surface area contributed by atoms with Crippen molar-refractivity contribution in [3.05, 3.63) is 86.9 Å². The Kier molecular flexibility index (Phi) is 6.76. The first-order valence-corrected chi connectivity index (χ1v) is 13.8. The average molecular weight is 597 g/mol. The molecule has 6 rings (SSSR count). The Morgan fingerprint density at radius 1 is 1.10 bits per heavy atom. The van der Waals surface area contributed by atoms with Crippen molar-refractivity contribution in [1.82, 2.24) is 4.57 Å². The maximum atomic E-state index is 13.4. The standard InChI is InChI=1S/C28H19Cl2N3O4S2/c1-15-19(12-25-27(35)33(28(38)39-25)22-8-6-16(29)10-20(22)30)18-4-2-3-5-21(18)32(15)13-26(34)31-17-7-9-23-24(11-17)37-14-36-23/h2-12H,13-14H2,1H3,(H,31,34)/b25-12+. The molecule has 7 nitrogen and oxygen atoms in total. The summed E-state index contributed by atoms with van der Waals surface area (Å²) in [7, 11) is 0. The lowest BCUT2D eigenvalue weighted by atomic mass is 10.1. The molecule has 0 unspecified atom stereocenters. The second-order valence-electron chi connectivity index (χ2n) is 8.83. The number of benzene rings is 3. The van der Waals surface area contributed by atoms with E-state index in [-0.39, 0.29) is 25.2 Å². The van der Waals surface area contributed by atoms with Gasteiger partial charge in [-0.05, 0) is 49.4 Å². The zero-order valence-electron chi connectivity index (χ0n) is 20.4. The molecule has 0 radical (unpaired) electrons. The lowest BCUT2D eigenvalue weighted by molar-refractivity contribution is -0.116. The van der Waals surface area contributed by atoms with Crippen LogP contribution in [0.2, 0.25) is 10.0 Å². The minimum Gasteiger partial charge on any atom is -0.454 e. The highest BCUT2D eigenvalue weighted by molar-refractivity contribution is 8.27. The van der Waals surface area contributed by atoms with Crippen LogP contribution in [-0.2, 0) is 16.1 Å². The zero-order valence-corrected chi connectivity index (χ0v) is 23.5. The van der Waals surface area contributed by atoms with E-state index in [1.165, 1.54) is 16.7 Å². The molecule has 0 aliphatic carbocycles. The van der Waals surface area contributed by atoms with Crippen LogP contribution in [0, 0.1) is 6.92 Å². The van der Waals surface area contributed by atoms with Crippen molar-refractivity contribution in [3.8, 4) is 11.5 Å². The third-order valence-corrected chi connectivity index (χ3v) is 8.30. The van der Waals surface area contributed by atoms with Gasteiger partial charge in [-0.3, -0.25) is 14.5 Å². The van der Waals surface area contributed by atoms with E-state index in [9.17, 15) is 9.59 Å². The van der Waals surface area contributed by atoms with Crippen molar-refractivity contribution < 1.29 is 19.1 Å². The number of thiocarbonyl (C=S) groups is 1. The van der Waals surface area contributed by atoms with Gasteiger partial charge in [0.1, 0.15) is 6.54 Å². The van der Waals surface area contributed by atoms with Crippen LogP contribution >= 0.6 is 47.2 Å². The number of nitrogens with zero attached hydrogens (tertiary/aromatic N) is 2. The predicted octanol–water partition coefficient (Wildman–Crippen LogP) is 7.03. The van der Waals surface area contributed by atoms with Crippen molar-refractivity contribution in [2.24, 2.45) is 0 Å². The smallest absolute Gasteiger partial charge is 0.270 e. The molecule has 11 heteroatoms. The fourth-order valence-electron chi connectivity index (χ4n) is 4.63. The van der Waals surface area contributed by atoms with Crippen molar-refractivity contribution in [3.63, 3.8) is 0 Å². The van der Waals surface area contributed by atoms with Crippen LogP contribution in [0.15, 0.2) is 65.6 Å². The first-order valence-electron chi connectivity index (χ1n) is 11.8. The number of halogens is 2. The highest BCUT2D eigenvalue weighted by Gasteiger charge is 2.35. The molecule has 1 saturated heterocycles. The summed E-state index contributed by atoms with van der Waals surface area (Å²) < 4.78 is 13.1. The van der Waals surface area contributed by atoms with E-state index in [0.717, 1.165) is 22.2 Å². The van der Waals surface area contributed by atoms with Crippen molar-refractivity contribution in [2.45, 2.75) is 13.5 Å². The van der Waals surface area contributed by atoms with Gasteiger partial charge in [0.25, 0.3) is 5.91 Å². The topological polar surface area (TPSA) is 72.8 Å². The monoisotopic (exact) mass is 595 g/mol. The summed E-state index contributed by atoms with van der Waals surface area (Å²) in [6.07, 6.45) is 1.83. The molecule has 3 heterocycles. The fraction of sp³-hybridized carbons (Fsp3) is 0.107. The Hall–Kier alpha value is -3.50. The number of amides is 2. The van der Waals surface area contributed by atoms with E-state index in [1.54, 1.807) is 36.4 Å². The number of hydrogen-bond donors (Lipinski definition) is 1. The summed E-state index contributed by atoms with van der Waals surface area (Å²) in [5.74, 6) is 0.766. The van der Waals surface area contributed by atoms with Crippen molar-refractivity contribution >= 4 is 91.7 Å². The summed E-state index contributed by atoms with van der Waals surface area (Å²) >= 11 is 19.1. The Balaban J connectivity index is 1.31. The molecule has 2 aliphatic rings. The molecule has 4 aromatic rings. The molecule has 39 heavy (non-hydrogen) atoms. The molecular formula is C28H19Cl2N3O4S2. The number of fused-ring (bicyclic) bond motifs is 2. The Morgan fingerprint density at radius 3 is 2.72 bits per heavy atom. The SMILES string of the molecule is Cc1c(/C=C2/SC(=S)N(c3ccc(Cl)cc3Cl)C2=O)c2ccccc2n1CC(=O)Nc1ccc2c(c1)OCO2. The minimum atomic E-state index is -0.272. The van der Waals surface area contributed by atoms with Crippen LogP contribution in [0.5, 0.6) is 11.5 Å². The first-order chi connectivity index (χ1) is 18.8. The third kappa shape index (κ3) is 4.76. The van der Waals surface area contributed by atoms with Gasteiger partial charge in [-0.1, -0.05) is 65.4 Å². The van der Waals surface area contributed by atoms with Crippen molar-refractivity contribution in [2.75, 3.05) is 17.0 Å². The van der Waals surface area contributed by atoms with Crippen LogP contribution in [0.3, 0.4) is 0 Å². The number of carbonyl (C=O) groups excluding carboxylic acids is 2. The van der Waals surface area contributed by atoms with Gasteiger partial charge in [0.2, 0.25) is 12.7 Å². The summed E-state index contributed by atoms with van der Waals surface area (Å²) in [5.41, 5.74) is 3.64. The zero-order chi connectivity index (χ0) is 27.3. The second-order valence-corrected chi connectivity index (χ2v) is 11.4. The molecule has 0 atom stereocenters. The number of ether oxygens (including phenoxy) is 2. The normalized spacial score (nSPS) is 15.6. The highest BCUT2D eigenvalue weighted by atomic mass is 35.5. The highest BCUT2D eigenvalue weighted by Crippen LogP contribution is 2.41. The molecule has 1 fully saturated rings. The Labute approximate surface area is 243 Å². The summed E-state index contributed by atoms with van der Waals surface area (Å²) in [6.45, 7) is 2.17. The quantitative estimate of drug-likeness (QED) is 0.197. The molecule has 0 saturated carbocycles. The number of carbonyl (C=O) groups is 2. The lowest BCUT2D eigenvalue weighted by Gasteiger charge is -2.16. The number of para-hydroxylation sites is 1. The van der Waals surface area contributed by atoms with Crippen LogP contribution in [-0.4, -0.2) is 27.5 Å². The number of nitrogens with one attached hydrogen (secondary N) is 1. The maximum absolute atomic E-state index is 13.4. The van der Waals surface area contributed by atoms with E-state index in [2.05, 4.69) is 5.32 Å². The molecule has 3 aromatic carbocycles. The van der Waals surface area contributed by atoms with E-state index in [4.69, 9.17) is 44.9 Å². The number of hydrogen-bond acceptors (Lipinski definition) is 6. The molecule has 196 valence electrons. The molecule has 1 aromatic heterocycles.